The van der Waals surface area contributed by atoms with Gasteiger partial charge in [0, 0.05) is 12.7 Å². The zero-order valence-corrected chi connectivity index (χ0v) is 11.2. The van der Waals surface area contributed by atoms with Crippen LogP contribution in [0.3, 0.4) is 0 Å². The average Bonchev–Trinajstić information content (AvgIpc) is 2.87. The molecule has 0 aliphatic carbocycles. The summed E-state index contributed by atoms with van der Waals surface area (Å²) >= 11 is 0. The summed E-state index contributed by atoms with van der Waals surface area (Å²) in [5.41, 5.74) is 0.131. The molecule has 104 valence electrons. The lowest BCUT2D eigenvalue weighted by Crippen LogP contribution is -2.22. The molecule has 0 radical (unpaired) electrons. The van der Waals surface area contributed by atoms with Crippen molar-refractivity contribution in [3.63, 3.8) is 0 Å². The molecule has 2 heterocycles. The van der Waals surface area contributed by atoms with Crippen LogP contribution in [0.1, 0.15) is 35.4 Å². The zero-order chi connectivity index (χ0) is 13.7. The van der Waals surface area contributed by atoms with Crippen molar-refractivity contribution in [3.8, 4) is 0 Å². The lowest BCUT2D eigenvalue weighted by atomic mass is 10.3. The highest BCUT2D eigenvalue weighted by Gasteiger charge is 2.13. The number of carboxylic acid groups (broad SMARTS) is 1. The predicted octanol–water partition coefficient (Wildman–Crippen LogP) is 1.38. The quantitative estimate of drug-likeness (QED) is 0.756. The lowest BCUT2D eigenvalue weighted by molar-refractivity contribution is 0.0697. The number of aromatic carboxylic acids is 1. The maximum Gasteiger partial charge on any atom is 0.341 e. The molecule has 0 spiro atoms. The Balaban J connectivity index is 1.84. The summed E-state index contributed by atoms with van der Waals surface area (Å²) in [5, 5.41) is 12.2. The van der Waals surface area contributed by atoms with Crippen LogP contribution >= 0.6 is 0 Å². The average molecular weight is 264 g/mol. The zero-order valence-electron chi connectivity index (χ0n) is 11.2. The fourth-order valence-electron chi connectivity index (χ4n) is 2.28. The van der Waals surface area contributed by atoms with Gasteiger partial charge in [-0.25, -0.2) is 14.8 Å². The molecule has 1 aromatic heterocycles. The maximum atomic E-state index is 11.0. The largest absolute Gasteiger partial charge is 0.477 e. The van der Waals surface area contributed by atoms with Crippen molar-refractivity contribution in [2.75, 3.05) is 31.5 Å². The smallest absolute Gasteiger partial charge is 0.341 e. The van der Waals surface area contributed by atoms with Gasteiger partial charge in [-0.15, -0.1) is 0 Å². The number of anilines is 1. The van der Waals surface area contributed by atoms with Crippen molar-refractivity contribution < 1.29 is 9.90 Å². The van der Waals surface area contributed by atoms with E-state index < -0.39 is 5.97 Å². The second-order valence-electron chi connectivity index (χ2n) is 4.81. The number of rotatable bonds is 6. The number of likely N-dealkylation sites (tertiary alicyclic amines) is 1. The molecule has 1 aliphatic heterocycles. The van der Waals surface area contributed by atoms with Gasteiger partial charge in [0.25, 0.3) is 0 Å². The molecule has 1 saturated heterocycles. The normalized spacial score (nSPS) is 15.6. The highest BCUT2D eigenvalue weighted by Crippen LogP contribution is 2.12. The topological polar surface area (TPSA) is 78.3 Å². The first-order valence-electron chi connectivity index (χ1n) is 6.70. The van der Waals surface area contributed by atoms with Gasteiger partial charge >= 0.3 is 5.97 Å². The van der Waals surface area contributed by atoms with Gasteiger partial charge in [0.2, 0.25) is 0 Å². The summed E-state index contributed by atoms with van der Waals surface area (Å²) in [6.45, 7) is 5.91. The highest BCUT2D eigenvalue weighted by atomic mass is 16.4. The van der Waals surface area contributed by atoms with Gasteiger partial charge in [-0.05, 0) is 45.8 Å². The number of aromatic nitrogens is 2. The Labute approximate surface area is 112 Å². The third kappa shape index (κ3) is 3.89. The van der Waals surface area contributed by atoms with Crippen LogP contribution in [0, 0.1) is 6.92 Å². The van der Waals surface area contributed by atoms with Crippen LogP contribution in [-0.2, 0) is 0 Å². The Hall–Kier alpha value is -1.69. The predicted molar refractivity (Wildman–Crippen MR) is 72.5 cm³/mol. The Morgan fingerprint density at radius 1 is 1.47 bits per heavy atom. The van der Waals surface area contributed by atoms with Crippen LogP contribution in [0.25, 0.3) is 0 Å². The van der Waals surface area contributed by atoms with E-state index in [4.69, 9.17) is 5.11 Å². The Bertz CT molecular complexity index is 444. The van der Waals surface area contributed by atoms with Crippen molar-refractivity contribution in [3.05, 3.63) is 17.6 Å². The number of hydrogen-bond donors (Lipinski definition) is 2. The van der Waals surface area contributed by atoms with Crippen LogP contribution in [0.4, 0.5) is 5.82 Å². The van der Waals surface area contributed by atoms with Crippen molar-refractivity contribution in [2.45, 2.75) is 26.2 Å². The number of carboxylic acids is 1. The van der Waals surface area contributed by atoms with Gasteiger partial charge in [0.15, 0.2) is 0 Å². The molecule has 0 saturated carbocycles. The van der Waals surface area contributed by atoms with Crippen LogP contribution in [0.15, 0.2) is 6.20 Å². The molecule has 0 amide bonds. The van der Waals surface area contributed by atoms with E-state index >= 15 is 0 Å². The van der Waals surface area contributed by atoms with Crippen molar-refractivity contribution in [1.29, 1.82) is 0 Å². The second kappa shape index (κ2) is 6.47. The molecule has 1 aliphatic rings. The molecule has 2 rings (SSSR count). The van der Waals surface area contributed by atoms with E-state index in [0.717, 1.165) is 19.5 Å². The number of nitrogens with one attached hydrogen (secondary N) is 1. The standard InChI is InChI=1S/C13H20N4O2/c1-10-15-9-11(13(18)19)12(16-10)14-5-4-8-17-6-2-3-7-17/h9H,2-8H2,1H3,(H,18,19)(H,14,15,16). The minimum atomic E-state index is -0.998. The Morgan fingerprint density at radius 2 is 2.21 bits per heavy atom. The molecule has 0 bridgehead atoms. The van der Waals surface area contributed by atoms with Crippen LogP contribution in [0.2, 0.25) is 0 Å². The van der Waals surface area contributed by atoms with Gasteiger partial charge < -0.3 is 15.3 Å². The highest BCUT2D eigenvalue weighted by molar-refractivity contribution is 5.92. The SMILES string of the molecule is Cc1ncc(C(=O)O)c(NCCCN2CCCC2)n1. The van der Waals surface area contributed by atoms with E-state index in [1.807, 2.05) is 0 Å². The van der Waals surface area contributed by atoms with Crippen LogP contribution < -0.4 is 5.32 Å². The minimum Gasteiger partial charge on any atom is -0.477 e. The summed E-state index contributed by atoms with van der Waals surface area (Å²) < 4.78 is 0. The van der Waals surface area contributed by atoms with Gasteiger partial charge in [-0.3, -0.25) is 0 Å². The summed E-state index contributed by atoms with van der Waals surface area (Å²) in [6, 6.07) is 0. The number of hydrogen-bond acceptors (Lipinski definition) is 5. The Morgan fingerprint density at radius 3 is 2.89 bits per heavy atom. The molecule has 6 nitrogen and oxygen atoms in total. The third-order valence-electron chi connectivity index (χ3n) is 3.28. The van der Waals surface area contributed by atoms with E-state index in [0.29, 0.717) is 11.6 Å². The third-order valence-corrected chi connectivity index (χ3v) is 3.28. The minimum absolute atomic E-state index is 0.131. The monoisotopic (exact) mass is 264 g/mol. The number of aryl methyl sites for hydroxylation is 1. The van der Waals surface area contributed by atoms with Gasteiger partial charge in [-0.2, -0.15) is 0 Å². The first-order valence-corrected chi connectivity index (χ1v) is 6.70. The lowest BCUT2D eigenvalue weighted by Gasteiger charge is -2.15. The van der Waals surface area contributed by atoms with Crippen molar-refractivity contribution in [2.24, 2.45) is 0 Å². The van der Waals surface area contributed by atoms with Crippen molar-refractivity contribution >= 4 is 11.8 Å². The van der Waals surface area contributed by atoms with E-state index in [1.165, 1.54) is 32.1 Å². The molecule has 0 aromatic carbocycles. The molecular formula is C13H20N4O2. The summed E-state index contributed by atoms with van der Waals surface area (Å²) in [7, 11) is 0. The number of carbonyl (C=O) groups is 1. The van der Waals surface area contributed by atoms with E-state index in [9.17, 15) is 4.79 Å². The molecular weight excluding hydrogens is 244 g/mol. The molecule has 6 heteroatoms. The molecule has 19 heavy (non-hydrogen) atoms. The fraction of sp³-hybridized carbons (Fsp3) is 0.615. The molecule has 0 atom stereocenters. The Kier molecular flexibility index (Phi) is 4.68. The van der Waals surface area contributed by atoms with E-state index in [-0.39, 0.29) is 5.56 Å². The second-order valence-corrected chi connectivity index (χ2v) is 4.81. The van der Waals surface area contributed by atoms with E-state index in [1.54, 1.807) is 6.92 Å². The molecule has 1 fully saturated rings. The first kappa shape index (κ1) is 13.7. The molecule has 0 unspecified atom stereocenters. The first-order chi connectivity index (χ1) is 9.16. The van der Waals surface area contributed by atoms with Gasteiger partial charge in [-0.1, -0.05) is 0 Å². The van der Waals surface area contributed by atoms with E-state index in [2.05, 4.69) is 20.2 Å². The number of nitrogens with zero attached hydrogens (tertiary/aromatic N) is 3. The molecule has 2 N–H and O–H groups in total. The summed E-state index contributed by atoms with van der Waals surface area (Å²) in [5.74, 6) is -0.00416. The van der Waals surface area contributed by atoms with Crippen LogP contribution in [-0.4, -0.2) is 52.1 Å². The summed E-state index contributed by atoms with van der Waals surface area (Å²) in [4.78, 5) is 21.5. The van der Waals surface area contributed by atoms with Gasteiger partial charge in [0.05, 0.1) is 0 Å². The fourth-order valence-corrected chi connectivity index (χ4v) is 2.28. The van der Waals surface area contributed by atoms with Crippen LogP contribution in [0.5, 0.6) is 0 Å². The molecule has 1 aromatic rings. The van der Waals surface area contributed by atoms with Gasteiger partial charge in [0.1, 0.15) is 17.2 Å². The summed E-state index contributed by atoms with van der Waals surface area (Å²) in [6.07, 6.45) is 4.93. The van der Waals surface area contributed by atoms with Crippen molar-refractivity contribution in [1.82, 2.24) is 14.9 Å². The maximum absolute atomic E-state index is 11.0.